The third kappa shape index (κ3) is 3.71. The average Bonchev–Trinajstić information content (AvgIpc) is 2.45. The fraction of sp³-hybridized carbons (Fsp3) is 0.429. The van der Waals surface area contributed by atoms with Crippen LogP contribution in [-0.4, -0.2) is 33.1 Å². The molecule has 0 aromatic heterocycles. The number of hydrogen-bond acceptors (Lipinski definition) is 5. The summed E-state index contributed by atoms with van der Waals surface area (Å²) in [6, 6.07) is 4.97. The first kappa shape index (κ1) is 15.0. The molecular weight excluding hydrogens is 248 g/mol. The molecule has 0 spiro atoms. The van der Waals surface area contributed by atoms with E-state index in [1.165, 1.54) is 21.3 Å². The quantitative estimate of drug-likeness (QED) is 0.582. The zero-order chi connectivity index (χ0) is 14.4. The number of ketones is 1. The number of ether oxygens (including phenoxy) is 3. The Hall–Kier alpha value is -2.04. The number of carbonyl (C=O) groups excluding carboxylic acids is 2. The summed E-state index contributed by atoms with van der Waals surface area (Å²) in [5, 5.41) is 0. The summed E-state index contributed by atoms with van der Waals surface area (Å²) in [6.07, 6.45) is 0.0657. The maximum atomic E-state index is 12.2. The second-order valence-corrected chi connectivity index (χ2v) is 4.12. The maximum absolute atomic E-state index is 12.2. The lowest BCUT2D eigenvalue weighted by Crippen LogP contribution is -2.17. The number of Topliss-reactive ketones (excluding diaryl/α,β-unsaturated/α-hetero) is 1. The highest BCUT2D eigenvalue weighted by molar-refractivity contribution is 6.00. The lowest BCUT2D eigenvalue weighted by molar-refractivity contribution is -0.144. The van der Waals surface area contributed by atoms with Crippen LogP contribution in [0.1, 0.15) is 23.7 Å². The summed E-state index contributed by atoms with van der Waals surface area (Å²) in [4.78, 5) is 23.5. The van der Waals surface area contributed by atoms with Crippen LogP contribution >= 0.6 is 0 Å². The van der Waals surface area contributed by atoms with Crippen molar-refractivity contribution in [3.05, 3.63) is 23.8 Å². The van der Waals surface area contributed by atoms with Gasteiger partial charge in [0.25, 0.3) is 0 Å². The molecular formula is C14H18O5. The van der Waals surface area contributed by atoms with Crippen LogP contribution in [-0.2, 0) is 9.53 Å². The van der Waals surface area contributed by atoms with E-state index in [9.17, 15) is 9.59 Å². The van der Waals surface area contributed by atoms with Crippen LogP contribution < -0.4 is 9.47 Å². The second-order valence-electron chi connectivity index (χ2n) is 4.12. The predicted molar refractivity (Wildman–Crippen MR) is 69.7 cm³/mol. The molecule has 1 rings (SSSR count). The molecule has 0 heterocycles. The van der Waals surface area contributed by atoms with Gasteiger partial charge < -0.3 is 14.2 Å². The highest BCUT2D eigenvalue weighted by Gasteiger charge is 2.21. The standard InChI is InChI=1S/C14H18O5/c1-9(14(16)19-4)7-12(15)11-8-10(17-2)5-6-13(11)18-3/h5-6,8-9H,7H2,1-4H3. The van der Waals surface area contributed by atoms with Crippen molar-refractivity contribution < 1.29 is 23.8 Å². The van der Waals surface area contributed by atoms with Crippen molar-refractivity contribution in [2.24, 2.45) is 5.92 Å². The van der Waals surface area contributed by atoms with Crippen molar-refractivity contribution in [1.29, 1.82) is 0 Å². The smallest absolute Gasteiger partial charge is 0.308 e. The van der Waals surface area contributed by atoms with E-state index < -0.39 is 11.9 Å². The molecule has 1 atom stereocenters. The molecule has 0 aliphatic heterocycles. The Morgan fingerprint density at radius 1 is 1.16 bits per heavy atom. The highest BCUT2D eigenvalue weighted by Crippen LogP contribution is 2.26. The van der Waals surface area contributed by atoms with Gasteiger partial charge in [-0.1, -0.05) is 6.92 Å². The van der Waals surface area contributed by atoms with E-state index in [1.54, 1.807) is 25.1 Å². The van der Waals surface area contributed by atoms with Gasteiger partial charge in [-0.05, 0) is 18.2 Å². The first-order valence-corrected chi connectivity index (χ1v) is 5.86. The zero-order valence-electron chi connectivity index (χ0n) is 11.6. The largest absolute Gasteiger partial charge is 0.497 e. The summed E-state index contributed by atoms with van der Waals surface area (Å²) in [6.45, 7) is 1.65. The summed E-state index contributed by atoms with van der Waals surface area (Å²) in [5.74, 6) is -0.0602. The van der Waals surface area contributed by atoms with Gasteiger partial charge in [0.15, 0.2) is 5.78 Å². The Bertz CT molecular complexity index is 467. The number of esters is 1. The molecule has 0 radical (unpaired) electrons. The van der Waals surface area contributed by atoms with Crippen molar-refractivity contribution in [2.75, 3.05) is 21.3 Å². The number of rotatable bonds is 6. The molecule has 104 valence electrons. The zero-order valence-corrected chi connectivity index (χ0v) is 11.6. The highest BCUT2D eigenvalue weighted by atomic mass is 16.5. The lowest BCUT2D eigenvalue weighted by Gasteiger charge is -2.12. The molecule has 0 saturated carbocycles. The van der Waals surface area contributed by atoms with Crippen LogP contribution in [0, 0.1) is 5.92 Å². The second kappa shape index (κ2) is 6.78. The molecule has 0 saturated heterocycles. The van der Waals surface area contributed by atoms with E-state index in [0.29, 0.717) is 17.1 Å². The molecule has 0 fully saturated rings. The Labute approximate surface area is 112 Å². The minimum absolute atomic E-state index is 0.0657. The Morgan fingerprint density at radius 3 is 2.37 bits per heavy atom. The van der Waals surface area contributed by atoms with Crippen LogP contribution in [0.5, 0.6) is 11.5 Å². The molecule has 19 heavy (non-hydrogen) atoms. The molecule has 1 unspecified atom stereocenters. The SMILES string of the molecule is COC(=O)C(C)CC(=O)c1cc(OC)ccc1OC. The van der Waals surface area contributed by atoms with Crippen LogP contribution in [0.3, 0.4) is 0 Å². The first-order valence-electron chi connectivity index (χ1n) is 5.86. The summed E-state index contributed by atoms with van der Waals surface area (Å²) in [5.41, 5.74) is 0.401. The van der Waals surface area contributed by atoms with Crippen LogP contribution in [0.4, 0.5) is 0 Å². The minimum Gasteiger partial charge on any atom is -0.497 e. The van der Waals surface area contributed by atoms with E-state index in [4.69, 9.17) is 9.47 Å². The first-order chi connectivity index (χ1) is 9.03. The maximum Gasteiger partial charge on any atom is 0.308 e. The van der Waals surface area contributed by atoms with E-state index in [2.05, 4.69) is 4.74 Å². The number of hydrogen-bond donors (Lipinski definition) is 0. The fourth-order valence-corrected chi connectivity index (χ4v) is 1.70. The third-order valence-electron chi connectivity index (χ3n) is 2.80. The molecule has 0 bridgehead atoms. The topological polar surface area (TPSA) is 61.8 Å². The Morgan fingerprint density at radius 2 is 1.84 bits per heavy atom. The van der Waals surface area contributed by atoms with Gasteiger partial charge in [0.1, 0.15) is 11.5 Å². The van der Waals surface area contributed by atoms with Gasteiger partial charge in [-0.2, -0.15) is 0 Å². The molecule has 1 aromatic carbocycles. The van der Waals surface area contributed by atoms with Crippen molar-refractivity contribution in [1.82, 2.24) is 0 Å². The van der Waals surface area contributed by atoms with Crippen LogP contribution in [0.2, 0.25) is 0 Å². The van der Waals surface area contributed by atoms with E-state index >= 15 is 0 Å². The summed E-state index contributed by atoms with van der Waals surface area (Å²) in [7, 11) is 4.31. The van der Waals surface area contributed by atoms with Crippen molar-refractivity contribution >= 4 is 11.8 Å². The third-order valence-corrected chi connectivity index (χ3v) is 2.80. The molecule has 0 N–H and O–H groups in total. The monoisotopic (exact) mass is 266 g/mol. The Balaban J connectivity index is 2.94. The van der Waals surface area contributed by atoms with Gasteiger partial charge in [-0.3, -0.25) is 9.59 Å². The lowest BCUT2D eigenvalue weighted by atomic mass is 9.99. The van der Waals surface area contributed by atoms with E-state index in [1.807, 2.05) is 0 Å². The van der Waals surface area contributed by atoms with E-state index in [-0.39, 0.29) is 12.2 Å². The molecule has 0 aliphatic rings. The molecule has 1 aromatic rings. The van der Waals surface area contributed by atoms with Crippen molar-refractivity contribution in [3.8, 4) is 11.5 Å². The molecule has 5 heteroatoms. The van der Waals surface area contributed by atoms with Crippen molar-refractivity contribution in [3.63, 3.8) is 0 Å². The normalized spacial score (nSPS) is 11.6. The predicted octanol–water partition coefficient (Wildman–Crippen LogP) is 2.09. The fourth-order valence-electron chi connectivity index (χ4n) is 1.70. The number of methoxy groups -OCH3 is 3. The number of carbonyl (C=O) groups is 2. The van der Waals surface area contributed by atoms with Gasteiger partial charge in [0.05, 0.1) is 32.8 Å². The van der Waals surface area contributed by atoms with Gasteiger partial charge in [-0.25, -0.2) is 0 Å². The van der Waals surface area contributed by atoms with Gasteiger partial charge >= 0.3 is 5.97 Å². The molecule has 0 amide bonds. The molecule has 0 aliphatic carbocycles. The van der Waals surface area contributed by atoms with Crippen LogP contribution in [0.25, 0.3) is 0 Å². The molecule has 5 nitrogen and oxygen atoms in total. The van der Waals surface area contributed by atoms with Gasteiger partial charge in [0, 0.05) is 6.42 Å². The van der Waals surface area contributed by atoms with Crippen molar-refractivity contribution in [2.45, 2.75) is 13.3 Å². The van der Waals surface area contributed by atoms with Crippen LogP contribution in [0.15, 0.2) is 18.2 Å². The van der Waals surface area contributed by atoms with Gasteiger partial charge in [-0.15, -0.1) is 0 Å². The summed E-state index contributed by atoms with van der Waals surface area (Å²) >= 11 is 0. The minimum atomic E-state index is -0.492. The average molecular weight is 266 g/mol. The summed E-state index contributed by atoms with van der Waals surface area (Å²) < 4.78 is 14.8. The van der Waals surface area contributed by atoms with E-state index in [0.717, 1.165) is 0 Å². The Kier molecular flexibility index (Phi) is 5.36. The number of benzene rings is 1. The van der Waals surface area contributed by atoms with Gasteiger partial charge in [0.2, 0.25) is 0 Å².